The van der Waals surface area contributed by atoms with Crippen LogP contribution in [0.25, 0.3) is 0 Å². The van der Waals surface area contributed by atoms with E-state index in [2.05, 4.69) is 47.8 Å². The Kier molecular flexibility index (Phi) is 13.0. The Morgan fingerprint density at radius 1 is 0.708 bits per heavy atom. The number of carbonyl (C=O) groups is 3. The quantitative estimate of drug-likeness (QED) is 0.228. The lowest BCUT2D eigenvalue weighted by atomic mass is 10.3. The maximum atomic E-state index is 11.9. The van der Waals surface area contributed by atoms with Gasteiger partial charge in [-0.2, -0.15) is 0 Å². The van der Waals surface area contributed by atoms with Crippen molar-refractivity contribution in [2.24, 2.45) is 0 Å². The van der Waals surface area contributed by atoms with E-state index >= 15 is 0 Å². The molecule has 9 heteroatoms. The Morgan fingerprint density at radius 2 is 1.04 bits per heavy atom. The fourth-order valence-electron chi connectivity index (χ4n) is 1.39. The summed E-state index contributed by atoms with van der Waals surface area (Å²) in [6.45, 7) is 5.13. The summed E-state index contributed by atoms with van der Waals surface area (Å²) in [4.78, 5) is 34.0. The SMILES string of the molecule is CCC(Br)C(=O)OCC(COC(=O)C(Br)CC)OC(=O)C(Br)CC. The van der Waals surface area contributed by atoms with Crippen molar-refractivity contribution < 1.29 is 28.6 Å². The molecular formula is C15H23Br3O6. The molecule has 0 N–H and O–H groups in total. The van der Waals surface area contributed by atoms with Crippen LogP contribution in [0.4, 0.5) is 0 Å². The molecule has 0 spiro atoms. The first-order chi connectivity index (χ1) is 11.3. The van der Waals surface area contributed by atoms with Gasteiger partial charge in [-0.1, -0.05) is 68.6 Å². The third-order valence-corrected chi connectivity index (χ3v) is 6.01. The molecule has 0 radical (unpaired) electrons. The van der Waals surface area contributed by atoms with Crippen LogP contribution in [-0.4, -0.2) is 51.7 Å². The number of esters is 3. The van der Waals surface area contributed by atoms with Crippen LogP contribution in [0.5, 0.6) is 0 Å². The molecule has 0 aromatic carbocycles. The highest BCUT2D eigenvalue weighted by atomic mass is 79.9. The predicted molar refractivity (Wildman–Crippen MR) is 101 cm³/mol. The first-order valence-corrected chi connectivity index (χ1v) is 10.5. The van der Waals surface area contributed by atoms with Gasteiger partial charge in [0.2, 0.25) is 0 Å². The van der Waals surface area contributed by atoms with Crippen LogP contribution in [0.15, 0.2) is 0 Å². The van der Waals surface area contributed by atoms with Crippen molar-refractivity contribution >= 4 is 65.7 Å². The van der Waals surface area contributed by atoms with Crippen LogP contribution in [0, 0.1) is 0 Å². The van der Waals surface area contributed by atoms with Gasteiger partial charge in [0, 0.05) is 0 Å². The molecule has 6 nitrogen and oxygen atoms in total. The fourth-order valence-corrected chi connectivity index (χ4v) is 1.76. The summed E-state index contributed by atoms with van der Waals surface area (Å²) >= 11 is 9.57. The van der Waals surface area contributed by atoms with Crippen molar-refractivity contribution in [2.75, 3.05) is 13.2 Å². The highest BCUT2D eigenvalue weighted by Crippen LogP contribution is 2.12. The zero-order chi connectivity index (χ0) is 18.7. The summed E-state index contributed by atoms with van der Waals surface area (Å²) in [6, 6.07) is 0. The number of alkyl halides is 3. The van der Waals surface area contributed by atoms with Gasteiger partial charge in [-0.05, 0) is 19.3 Å². The number of hydrogen-bond donors (Lipinski definition) is 0. The van der Waals surface area contributed by atoms with Crippen molar-refractivity contribution in [3.63, 3.8) is 0 Å². The van der Waals surface area contributed by atoms with E-state index in [1.807, 2.05) is 20.8 Å². The maximum absolute atomic E-state index is 11.9. The van der Waals surface area contributed by atoms with Gasteiger partial charge < -0.3 is 14.2 Å². The fraction of sp³-hybridized carbons (Fsp3) is 0.800. The molecule has 0 aliphatic rings. The van der Waals surface area contributed by atoms with Crippen molar-refractivity contribution in [2.45, 2.75) is 60.6 Å². The zero-order valence-electron chi connectivity index (χ0n) is 13.9. The average Bonchev–Trinajstić information content (AvgIpc) is 2.60. The van der Waals surface area contributed by atoms with Gasteiger partial charge in [0.25, 0.3) is 0 Å². The molecule has 3 atom stereocenters. The largest absolute Gasteiger partial charge is 0.461 e. The van der Waals surface area contributed by atoms with E-state index in [1.54, 1.807) is 0 Å². The summed E-state index contributed by atoms with van der Waals surface area (Å²) in [7, 11) is 0. The Hall–Kier alpha value is -0.150. The smallest absolute Gasteiger partial charge is 0.320 e. The van der Waals surface area contributed by atoms with E-state index in [0.29, 0.717) is 19.3 Å². The van der Waals surface area contributed by atoms with Gasteiger partial charge in [-0.3, -0.25) is 14.4 Å². The second-order valence-electron chi connectivity index (χ2n) is 4.95. The summed E-state index contributed by atoms with van der Waals surface area (Å²) < 4.78 is 15.5. The lowest BCUT2D eigenvalue weighted by molar-refractivity contribution is -0.165. The highest BCUT2D eigenvalue weighted by molar-refractivity contribution is 9.10. The third-order valence-electron chi connectivity index (χ3n) is 2.95. The summed E-state index contributed by atoms with van der Waals surface area (Å²) in [5.41, 5.74) is 0. The van der Waals surface area contributed by atoms with E-state index in [4.69, 9.17) is 14.2 Å². The summed E-state index contributed by atoms with van der Waals surface area (Å²) in [6.07, 6.45) is 0.827. The topological polar surface area (TPSA) is 78.9 Å². The number of carbonyl (C=O) groups excluding carboxylic acids is 3. The molecule has 0 amide bonds. The second kappa shape index (κ2) is 13.1. The zero-order valence-corrected chi connectivity index (χ0v) is 18.7. The average molecular weight is 539 g/mol. The van der Waals surface area contributed by atoms with E-state index in [-0.39, 0.29) is 13.2 Å². The number of ether oxygens (including phenoxy) is 3. The molecule has 0 fully saturated rings. The minimum Gasteiger partial charge on any atom is -0.461 e. The van der Waals surface area contributed by atoms with Gasteiger partial charge in [0.05, 0.1) is 0 Å². The van der Waals surface area contributed by atoms with Gasteiger partial charge in [-0.15, -0.1) is 0 Å². The standard InChI is InChI=1S/C15H23Br3O6/c1-4-10(16)13(19)22-7-9(24-15(21)12(18)6-3)8-23-14(20)11(17)5-2/h9-12H,4-8H2,1-3H3. The summed E-state index contributed by atoms with van der Waals surface area (Å²) in [5, 5.41) is 0. The van der Waals surface area contributed by atoms with Crippen LogP contribution >= 0.6 is 47.8 Å². The van der Waals surface area contributed by atoms with Crippen molar-refractivity contribution in [3.05, 3.63) is 0 Å². The van der Waals surface area contributed by atoms with Crippen LogP contribution in [0.1, 0.15) is 40.0 Å². The molecule has 0 aromatic rings. The predicted octanol–water partition coefficient (Wildman–Crippen LogP) is 3.51. The van der Waals surface area contributed by atoms with Gasteiger partial charge in [0.15, 0.2) is 6.10 Å². The van der Waals surface area contributed by atoms with Crippen molar-refractivity contribution in [1.82, 2.24) is 0 Å². The molecule has 24 heavy (non-hydrogen) atoms. The number of halogens is 3. The Labute approximate surface area is 167 Å². The molecule has 0 bridgehead atoms. The normalized spacial score (nSPS) is 15.8. The molecule has 140 valence electrons. The minimum atomic E-state index is -0.856. The molecular weight excluding hydrogens is 516 g/mol. The van der Waals surface area contributed by atoms with E-state index in [0.717, 1.165) is 0 Å². The third kappa shape index (κ3) is 9.36. The van der Waals surface area contributed by atoms with Crippen LogP contribution in [0.3, 0.4) is 0 Å². The van der Waals surface area contributed by atoms with Crippen molar-refractivity contribution in [1.29, 1.82) is 0 Å². The van der Waals surface area contributed by atoms with Crippen LogP contribution < -0.4 is 0 Å². The molecule has 3 unspecified atom stereocenters. The lowest BCUT2D eigenvalue weighted by Gasteiger charge is -2.20. The minimum absolute atomic E-state index is 0.178. The Balaban J connectivity index is 4.67. The van der Waals surface area contributed by atoms with Gasteiger partial charge >= 0.3 is 17.9 Å². The van der Waals surface area contributed by atoms with E-state index < -0.39 is 38.5 Å². The maximum Gasteiger partial charge on any atom is 0.320 e. The monoisotopic (exact) mass is 536 g/mol. The van der Waals surface area contributed by atoms with Gasteiger partial charge in [0.1, 0.15) is 27.7 Å². The highest BCUT2D eigenvalue weighted by Gasteiger charge is 2.25. The lowest BCUT2D eigenvalue weighted by Crippen LogP contribution is -2.35. The van der Waals surface area contributed by atoms with Crippen LogP contribution in [-0.2, 0) is 28.6 Å². The Bertz CT molecular complexity index is 392. The first-order valence-electron chi connectivity index (χ1n) is 7.72. The van der Waals surface area contributed by atoms with E-state index in [9.17, 15) is 14.4 Å². The van der Waals surface area contributed by atoms with Crippen LogP contribution in [0.2, 0.25) is 0 Å². The number of hydrogen-bond acceptors (Lipinski definition) is 6. The molecule has 0 aliphatic heterocycles. The summed E-state index contributed by atoms with van der Waals surface area (Å²) in [5.74, 6) is -1.41. The molecule has 0 rings (SSSR count). The first kappa shape index (κ1) is 23.9. The second-order valence-corrected chi connectivity index (χ2v) is 8.26. The molecule has 0 aliphatic carbocycles. The van der Waals surface area contributed by atoms with Crippen molar-refractivity contribution in [3.8, 4) is 0 Å². The number of rotatable bonds is 11. The molecule has 0 saturated carbocycles. The molecule has 0 heterocycles. The van der Waals surface area contributed by atoms with E-state index in [1.165, 1.54) is 0 Å². The van der Waals surface area contributed by atoms with Gasteiger partial charge in [-0.25, -0.2) is 0 Å². The molecule has 0 aromatic heterocycles. The Morgan fingerprint density at radius 3 is 1.38 bits per heavy atom. The molecule has 0 saturated heterocycles.